The van der Waals surface area contributed by atoms with E-state index in [9.17, 15) is 22.8 Å². The number of hydrogen-bond acceptors (Lipinski definition) is 8. The number of nitrogens with one attached hydrogen (secondary N) is 1. The zero-order valence-electron chi connectivity index (χ0n) is 22.0. The van der Waals surface area contributed by atoms with Gasteiger partial charge in [-0.1, -0.05) is 35.6 Å². The molecular formula is C28H27F3N6O3S. The van der Waals surface area contributed by atoms with Crippen molar-refractivity contribution in [2.45, 2.75) is 51.3 Å². The van der Waals surface area contributed by atoms with Crippen molar-refractivity contribution in [3.05, 3.63) is 94.0 Å². The lowest BCUT2D eigenvalue weighted by Crippen LogP contribution is -2.24. The number of anilines is 1. The van der Waals surface area contributed by atoms with Crippen LogP contribution < -0.4 is 15.8 Å². The lowest BCUT2D eigenvalue weighted by atomic mass is 9.93. The minimum Gasteiger partial charge on any atom is -0.406 e. The lowest BCUT2D eigenvalue weighted by molar-refractivity contribution is -0.274. The third-order valence-corrected chi connectivity index (χ3v) is 6.99. The maximum absolute atomic E-state index is 12.6. The molecule has 3 aromatic heterocycles. The number of hydrogen-bond donors (Lipinski definition) is 2. The Morgan fingerprint density at radius 3 is 2.56 bits per heavy atom. The Labute approximate surface area is 238 Å². The standard InChI is InChI=1S/C28H27F3N6O3S/c1-17-18(7-2-3-11-24-36-37-27(41-24)35-23(38)16-20-9-4-5-14-33-20)12-13-22(34-17)25(26(32)39)19-8-6-10-21(15-19)40-28(29,30)31/h4-6,8-10,12-15,25H,2-3,7,11,16H2,1H3,(H2,32,39)(H,35,37,38). The van der Waals surface area contributed by atoms with Crippen LogP contribution in [0.15, 0.2) is 60.8 Å². The van der Waals surface area contributed by atoms with Gasteiger partial charge in [0.15, 0.2) is 0 Å². The van der Waals surface area contributed by atoms with Gasteiger partial charge >= 0.3 is 6.36 Å². The quantitative estimate of drug-likeness (QED) is 0.226. The van der Waals surface area contributed by atoms with Gasteiger partial charge in [0, 0.05) is 24.0 Å². The first kappa shape index (κ1) is 29.6. The maximum atomic E-state index is 12.6. The van der Waals surface area contributed by atoms with Crippen LogP contribution in [0.1, 0.15) is 52.0 Å². The number of halogens is 3. The predicted molar refractivity (Wildman–Crippen MR) is 146 cm³/mol. The summed E-state index contributed by atoms with van der Waals surface area (Å²) < 4.78 is 41.9. The van der Waals surface area contributed by atoms with Crippen molar-refractivity contribution in [1.29, 1.82) is 0 Å². The molecule has 1 aromatic carbocycles. The lowest BCUT2D eigenvalue weighted by Gasteiger charge is -2.17. The number of benzene rings is 1. The van der Waals surface area contributed by atoms with Crippen LogP contribution in [0, 0.1) is 6.92 Å². The van der Waals surface area contributed by atoms with Gasteiger partial charge in [0.25, 0.3) is 0 Å². The molecule has 1 unspecified atom stereocenters. The molecule has 0 radical (unpaired) electrons. The summed E-state index contributed by atoms with van der Waals surface area (Å²) in [6.07, 6.45) is 0.00932. The summed E-state index contributed by atoms with van der Waals surface area (Å²) in [5, 5.41) is 12.2. The Hall–Kier alpha value is -4.39. The van der Waals surface area contributed by atoms with E-state index in [-0.39, 0.29) is 17.9 Å². The third-order valence-electron chi connectivity index (χ3n) is 6.09. The van der Waals surface area contributed by atoms with Crippen LogP contribution in [0.25, 0.3) is 0 Å². The first-order valence-corrected chi connectivity index (χ1v) is 13.5. The molecule has 0 aliphatic carbocycles. The van der Waals surface area contributed by atoms with Gasteiger partial charge in [-0.2, -0.15) is 0 Å². The van der Waals surface area contributed by atoms with Crippen LogP contribution in [0.2, 0.25) is 0 Å². The van der Waals surface area contributed by atoms with Crippen molar-refractivity contribution in [1.82, 2.24) is 20.2 Å². The van der Waals surface area contributed by atoms with Crippen LogP contribution in [0.3, 0.4) is 0 Å². The zero-order chi connectivity index (χ0) is 29.4. The summed E-state index contributed by atoms with van der Waals surface area (Å²) in [4.78, 5) is 33.1. The number of carbonyl (C=O) groups excluding carboxylic acids is 2. The fourth-order valence-electron chi connectivity index (χ4n) is 4.23. The van der Waals surface area contributed by atoms with E-state index in [2.05, 4.69) is 30.2 Å². The first-order chi connectivity index (χ1) is 19.6. The first-order valence-electron chi connectivity index (χ1n) is 12.7. The molecule has 3 heterocycles. The molecule has 2 amide bonds. The molecule has 0 spiro atoms. The molecule has 9 nitrogen and oxygen atoms in total. The minimum absolute atomic E-state index is 0.154. The summed E-state index contributed by atoms with van der Waals surface area (Å²) >= 11 is 1.33. The number of pyridine rings is 2. The number of ether oxygens (including phenoxy) is 1. The molecule has 4 rings (SSSR count). The highest BCUT2D eigenvalue weighted by atomic mass is 32.1. The molecule has 0 saturated carbocycles. The number of carbonyl (C=O) groups is 2. The van der Waals surface area contributed by atoms with Crippen LogP contribution in [-0.2, 0) is 28.9 Å². The number of amides is 2. The van der Waals surface area contributed by atoms with Gasteiger partial charge in [0.2, 0.25) is 16.9 Å². The molecular weight excluding hydrogens is 557 g/mol. The monoisotopic (exact) mass is 584 g/mol. The normalized spacial score (nSPS) is 12.1. The van der Waals surface area contributed by atoms with Gasteiger partial charge < -0.3 is 15.8 Å². The molecule has 13 heteroatoms. The molecule has 0 saturated heterocycles. The highest BCUT2D eigenvalue weighted by molar-refractivity contribution is 7.15. The summed E-state index contributed by atoms with van der Waals surface area (Å²) in [6, 6.07) is 14.1. The highest BCUT2D eigenvalue weighted by Gasteiger charge is 2.32. The van der Waals surface area contributed by atoms with Gasteiger partial charge in [-0.05, 0) is 67.6 Å². The summed E-state index contributed by atoms with van der Waals surface area (Å²) in [6.45, 7) is 1.81. The van der Waals surface area contributed by atoms with E-state index in [0.29, 0.717) is 28.6 Å². The average molecular weight is 585 g/mol. The molecule has 0 aliphatic rings. The van der Waals surface area contributed by atoms with Gasteiger partial charge in [-0.15, -0.1) is 23.4 Å². The summed E-state index contributed by atoms with van der Waals surface area (Å²) in [5.74, 6) is -2.42. The summed E-state index contributed by atoms with van der Waals surface area (Å²) in [7, 11) is 0. The SMILES string of the molecule is Cc1nc(C(C(N)=O)c2cccc(OC(F)(F)F)c2)ccc1CCCCc1nnc(NC(=O)Cc2ccccn2)s1. The molecule has 3 N–H and O–H groups in total. The third kappa shape index (κ3) is 8.80. The van der Waals surface area contributed by atoms with E-state index in [1.54, 1.807) is 24.4 Å². The second-order valence-electron chi connectivity index (χ2n) is 9.19. The molecule has 41 heavy (non-hydrogen) atoms. The van der Waals surface area contributed by atoms with E-state index < -0.39 is 23.9 Å². The fourth-order valence-corrected chi connectivity index (χ4v) is 5.03. The predicted octanol–water partition coefficient (Wildman–Crippen LogP) is 4.90. The van der Waals surface area contributed by atoms with E-state index in [1.807, 2.05) is 19.1 Å². The molecule has 0 bridgehead atoms. The van der Waals surface area contributed by atoms with Gasteiger partial charge in [0.1, 0.15) is 16.7 Å². The maximum Gasteiger partial charge on any atom is 0.573 e. The van der Waals surface area contributed by atoms with Gasteiger partial charge in [-0.25, -0.2) is 0 Å². The molecule has 0 fully saturated rings. The second-order valence-corrected chi connectivity index (χ2v) is 10.3. The molecule has 1 atom stereocenters. The Kier molecular flexibility index (Phi) is 9.61. The van der Waals surface area contributed by atoms with Crippen LogP contribution in [-0.4, -0.2) is 38.3 Å². The van der Waals surface area contributed by atoms with E-state index in [1.165, 1.54) is 23.5 Å². The zero-order valence-corrected chi connectivity index (χ0v) is 22.8. The Bertz CT molecular complexity index is 1500. The topological polar surface area (TPSA) is 133 Å². The second kappa shape index (κ2) is 13.3. The van der Waals surface area contributed by atoms with E-state index in [0.717, 1.165) is 42.0 Å². The van der Waals surface area contributed by atoms with Gasteiger partial charge in [-0.3, -0.25) is 19.6 Å². The largest absolute Gasteiger partial charge is 0.573 e. The number of rotatable bonds is 12. The van der Waals surface area contributed by atoms with Crippen molar-refractivity contribution >= 4 is 28.3 Å². The van der Waals surface area contributed by atoms with Crippen molar-refractivity contribution in [3.8, 4) is 5.75 Å². The van der Waals surface area contributed by atoms with E-state index in [4.69, 9.17) is 5.73 Å². The fraction of sp³-hybridized carbons (Fsp3) is 0.286. The smallest absolute Gasteiger partial charge is 0.406 e. The Morgan fingerprint density at radius 1 is 1.05 bits per heavy atom. The number of aromatic nitrogens is 4. The van der Waals surface area contributed by atoms with Crippen molar-refractivity contribution < 1.29 is 27.5 Å². The number of primary amides is 1. The Morgan fingerprint density at radius 2 is 1.85 bits per heavy atom. The van der Waals surface area contributed by atoms with Crippen LogP contribution >= 0.6 is 11.3 Å². The van der Waals surface area contributed by atoms with Crippen molar-refractivity contribution in [3.63, 3.8) is 0 Å². The average Bonchev–Trinajstić information content (AvgIpc) is 3.34. The number of nitrogens with zero attached hydrogens (tertiary/aromatic N) is 4. The van der Waals surface area contributed by atoms with Gasteiger partial charge in [0.05, 0.1) is 12.1 Å². The number of aryl methyl sites for hydroxylation is 3. The van der Waals surface area contributed by atoms with Crippen molar-refractivity contribution in [2.24, 2.45) is 5.73 Å². The highest BCUT2D eigenvalue weighted by Crippen LogP contribution is 2.30. The van der Waals surface area contributed by atoms with Crippen LogP contribution in [0.4, 0.5) is 18.3 Å². The van der Waals surface area contributed by atoms with E-state index >= 15 is 0 Å². The molecule has 4 aromatic rings. The Balaban J connectivity index is 1.30. The number of unbranched alkanes of at least 4 members (excludes halogenated alkanes) is 1. The van der Waals surface area contributed by atoms with Crippen LogP contribution in [0.5, 0.6) is 5.75 Å². The minimum atomic E-state index is -4.86. The van der Waals surface area contributed by atoms with Crippen molar-refractivity contribution in [2.75, 3.05) is 5.32 Å². The number of nitrogens with two attached hydrogens (primary N) is 1. The molecule has 0 aliphatic heterocycles. The molecule has 214 valence electrons. The number of alkyl halides is 3. The summed E-state index contributed by atoms with van der Waals surface area (Å²) in [5.41, 5.74) is 8.55.